The van der Waals surface area contributed by atoms with Crippen molar-refractivity contribution in [1.82, 2.24) is 5.32 Å². The molecule has 0 bridgehead atoms. The fraction of sp³-hybridized carbons (Fsp3) is 1.00. The second kappa shape index (κ2) is 4.86. The van der Waals surface area contributed by atoms with Crippen molar-refractivity contribution in [2.24, 2.45) is 5.73 Å². The Balaban J connectivity index is 2.22. The van der Waals surface area contributed by atoms with Gasteiger partial charge >= 0.3 is 0 Å². The molecule has 0 aromatic heterocycles. The Morgan fingerprint density at radius 2 is 1.77 bits per heavy atom. The summed E-state index contributed by atoms with van der Waals surface area (Å²) >= 11 is 0. The van der Waals surface area contributed by atoms with Crippen LogP contribution in [-0.2, 0) is 0 Å². The molecule has 0 aliphatic heterocycles. The zero-order chi connectivity index (χ0) is 9.84. The van der Waals surface area contributed by atoms with Crippen molar-refractivity contribution in [3.8, 4) is 0 Å². The van der Waals surface area contributed by atoms with Gasteiger partial charge in [-0.25, -0.2) is 8.78 Å². The molecule has 0 aromatic carbocycles. The number of hydrogen-bond donors (Lipinski definition) is 2. The molecule has 0 aromatic rings. The molecule has 4 heteroatoms. The zero-order valence-corrected chi connectivity index (χ0v) is 7.97. The Kier molecular flexibility index (Phi) is 4.06. The van der Waals surface area contributed by atoms with E-state index in [0.29, 0.717) is 0 Å². The maximum atomic E-state index is 12.2. The summed E-state index contributed by atoms with van der Waals surface area (Å²) in [4.78, 5) is 0. The summed E-state index contributed by atoms with van der Waals surface area (Å²) in [6, 6.07) is -0.178. The van der Waals surface area contributed by atoms with Crippen LogP contribution in [0.15, 0.2) is 0 Å². The van der Waals surface area contributed by atoms with Crippen LogP contribution in [0.5, 0.6) is 0 Å². The van der Waals surface area contributed by atoms with E-state index in [1.165, 1.54) is 6.92 Å². The smallest absolute Gasteiger partial charge is 0.253 e. The maximum absolute atomic E-state index is 12.2. The van der Waals surface area contributed by atoms with E-state index in [0.717, 1.165) is 25.7 Å². The molecule has 2 nitrogen and oxygen atoms in total. The number of nitrogens with two attached hydrogens (primary N) is 1. The van der Waals surface area contributed by atoms with Crippen LogP contribution in [0.3, 0.4) is 0 Å². The first-order valence-electron chi connectivity index (χ1n) is 4.89. The van der Waals surface area contributed by atoms with Gasteiger partial charge in [0.15, 0.2) is 0 Å². The Morgan fingerprint density at radius 3 is 2.23 bits per heavy atom. The normalized spacial score (nSPS) is 32.1. The molecular formula is C9H18F2N2. The molecule has 0 unspecified atom stereocenters. The Labute approximate surface area is 77.9 Å². The summed E-state index contributed by atoms with van der Waals surface area (Å²) in [5.41, 5.74) is 5.71. The van der Waals surface area contributed by atoms with E-state index >= 15 is 0 Å². The lowest BCUT2D eigenvalue weighted by atomic mass is 9.91. The highest BCUT2D eigenvalue weighted by atomic mass is 19.3. The van der Waals surface area contributed by atoms with Crippen molar-refractivity contribution < 1.29 is 8.78 Å². The molecule has 1 atom stereocenters. The number of rotatable bonds is 3. The Morgan fingerprint density at radius 1 is 1.23 bits per heavy atom. The predicted molar refractivity (Wildman–Crippen MR) is 48.8 cm³/mol. The molecule has 1 saturated carbocycles. The van der Waals surface area contributed by atoms with Crippen molar-refractivity contribution in [2.45, 2.75) is 57.2 Å². The summed E-state index contributed by atoms with van der Waals surface area (Å²) in [6.07, 6.45) is 1.49. The van der Waals surface area contributed by atoms with E-state index in [-0.39, 0.29) is 12.1 Å². The van der Waals surface area contributed by atoms with Crippen LogP contribution in [-0.4, -0.2) is 24.6 Å². The van der Waals surface area contributed by atoms with Crippen molar-refractivity contribution in [3.63, 3.8) is 0 Å². The summed E-state index contributed by atoms with van der Waals surface area (Å²) in [5.74, 6) is 0. The summed E-state index contributed by atoms with van der Waals surface area (Å²) in [5, 5.41) is 2.93. The minimum absolute atomic E-state index is 0.240. The highest BCUT2D eigenvalue weighted by molar-refractivity contribution is 4.81. The van der Waals surface area contributed by atoms with Gasteiger partial charge in [0.2, 0.25) is 0 Å². The number of halogens is 2. The first-order chi connectivity index (χ1) is 6.09. The molecule has 0 heterocycles. The van der Waals surface area contributed by atoms with Gasteiger partial charge in [0.25, 0.3) is 6.43 Å². The molecule has 0 amide bonds. The number of hydrogen-bond acceptors (Lipinski definition) is 2. The second-order valence-corrected chi connectivity index (χ2v) is 3.90. The third-order valence-electron chi connectivity index (χ3n) is 2.65. The van der Waals surface area contributed by atoms with Crippen molar-refractivity contribution >= 4 is 0 Å². The summed E-state index contributed by atoms with van der Waals surface area (Å²) in [6.45, 7) is 1.53. The van der Waals surface area contributed by atoms with E-state index in [9.17, 15) is 8.78 Å². The van der Waals surface area contributed by atoms with E-state index in [4.69, 9.17) is 5.73 Å². The minimum Gasteiger partial charge on any atom is -0.328 e. The van der Waals surface area contributed by atoms with Crippen molar-refractivity contribution in [1.29, 1.82) is 0 Å². The lowest BCUT2D eigenvalue weighted by Gasteiger charge is -2.29. The quantitative estimate of drug-likeness (QED) is 0.711. The molecule has 1 aliphatic rings. The van der Waals surface area contributed by atoms with Crippen LogP contribution in [0.4, 0.5) is 8.78 Å². The average Bonchev–Trinajstić information content (AvgIpc) is 2.08. The van der Waals surface area contributed by atoms with Crippen LogP contribution < -0.4 is 11.1 Å². The lowest BCUT2D eigenvalue weighted by Crippen LogP contribution is -2.44. The fourth-order valence-corrected chi connectivity index (χ4v) is 1.73. The van der Waals surface area contributed by atoms with Gasteiger partial charge < -0.3 is 11.1 Å². The third-order valence-corrected chi connectivity index (χ3v) is 2.65. The topological polar surface area (TPSA) is 38.0 Å². The number of alkyl halides is 2. The molecule has 0 radical (unpaired) electrons. The molecule has 78 valence electrons. The first kappa shape index (κ1) is 10.9. The molecule has 13 heavy (non-hydrogen) atoms. The lowest BCUT2D eigenvalue weighted by molar-refractivity contribution is 0.0957. The van der Waals surface area contributed by atoms with Gasteiger partial charge in [0, 0.05) is 12.1 Å². The molecule has 1 fully saturated rings. The van der Waals surface area contributed by atoms with Gasteiger partial charge in [-0.2, -0.15) is 0 Å². The van der Waals surface area contributed by atoms with Gasteiger partial charge in [-0.3, -0.25) is 0 Å². The molecular weight excluding hydrogens is 174 g/mol. The van der Waals surface area contributed by atoms with Crippen LogP contribution in [0.2, 0.25) is 0 Å². The van der Waals surface area contributed by atoms with Gasteiger partial charge in [-0.15, -0.1) is 0 Å². The standard InChI is InChI=1S/C9H18F2N2/c1-6(9(10)11)13-8-4-2-7(12)3-5-8/h6-9,13H,2-5,12H2,1H3/t6-,7-,8-/m0/s1. The molecule has 0 saturated heterocycles. The average molecular weight is 192 g/mol. The first-order valence-corrected chi connectivity index (χ1v) is 4.89. The summed E-state index contributed by atoms with van der Waals surface area (Å²) in [7, 11) is 0. The molecule has 1 aliphatic carbocycles. The van der Waals surface area contributed by atoms with Gasteiger partial charge in [0.05, 0.1) is 6.04 Å². The Bertz CT molecular complexity index is 145. The third kappa shape index (κ3) is 3.56. The Hall–Kier alpha value is -0.220. The number of nitrogens with one attached hydrogen (secondary N) is 1. The molecule has 1 rings (SSSR count). The van der Waals surface area contributed by atoms with Crippen molar-refractivity contribution in [3.05, 3.63) is 0 Å². The van der Waals surface area contributed by atoms with Crippen molar-refractivity contribution in [2.75, 3.05) is 0 Å². The fourth-order valence-electron chi connectivity index (χ4n) is 1.73. The van der Waals surface area contributed by atoms with Crippen LogP contribution in [0, 0.1) is 0 Å². The largest absolute Gasteiger partial charge is 0.328 e. The van der Waals surface area contributed by atoms with Gasteiger partial charge in [0.1, 0.15) is 0 Å². The van der Waals surface area contributed by atoms with E-state index in [1.807, 2.05) is 0 Å². The van der Waals surface area contributed by atoms with Gasteiger partial charge in [-0.1, -0.05) is 0 Å². The second-order valence-electron chi connectivity index (χ2n) is 3.90. The van der Waals surface area contributed by atoms with Crippen LogP contribution in [0.1, 0.15) is 32.6 Å². The SMILES string of the molecule is C[C@H](N[C@H]1CC[C@H](N)CC1)C(F)F. The van der Waals surface area contributed by atoms with Crippen LogP contribution >= 0.6 is 0 Å². The minimum atomic E-state index is -2.27. The van der Waals surface area contributed by atoms with E-state index in [2.05, 4.69) is 5.32 Å². The van der Waals surface area contributed by atoms with Crippen LogP contribution in [0.25, 0.3) is 0 Å². The highest BCUT2D eigenvalue weighted by Crippen LogP contribution is 2.18. The summed E-state index contributed by atoms with van der Waals surface area (Å²) < 4.78 is 24.3. The maximum Gasteiger partial charge on any atom is 0.253 e. The highest BCUT2D eigenvalue weighted by Gasteiger charge is 2.22. The predicted octanol–water partition coefficient (Wildman–Crippen LogP) is 1.50. The molecule has 3 N–H and O–H groups in total. The van der Waals surface area contributed by atoms with Gasteiger partial charge in [-0.05, 0) is 32.6 Å². The van der Waals surface area contributed by atoms with E-state index < -0.39 is 12.5 Å². The molecule has 0 spiro atoms. The monoisotopic (exact) mass is 192 g/mol. The van der Waals surface area contributed by atoms with E-state index in [1.54, 1.807) is 0 Å². The zero-order valence-electron chi connectivity index (χ0n) is 7.97.